The number of aromatic nitrogens is 1. The van der Waals surface area contributed by atoms with Crippen molar-refractivity contribution in [1.82, 2.24) is 4.98 Å². The molecule has 4 atom stereocenters. The lowest BCUT2D eigenvalue weighted by molar-refractivity contribution is -0.149. The minimum absolute atomic E-state index is 0.0709. The van der Waals surface area contributed by atoms with E-state index in [9.17, 15) is 4.79 Å². The van der Waals surface area contributed by atoms with Gasteiger partial charge in [0, 0.05) is 23.9 Å². The molecule has 138 valence electrons. The van der Waals surface area contributed by atoms with Crippen LogP contribution >= 0.6 is 23.2 Å². The Labute approximate surface area is 166 Å². The fraction of sp³-hybridized carbons (Fsp3) is 0.350. The second kappa shape index (κ2) is 6.21. The van der Waals surface area contributed by atoms with Gasteiger partial charge in [-0.2, -0.15) is 0 Å². The molecule has 7 heteroatoms. The Morgan fingerprint density at radius 3 is 2.93 bits per heavy atom. The fourth-order valence-corrected chi connectivity index (χ4v) is 5.33. The zero-order valence-electron chi connectivity index (χ0n) is 14.4. The summed E-state index contributed by atoms with van der Waals surface area (Å²) in [4.78, 5) is 23.6. The smallest absolute Gasteiger partial charge is 0.272 e. The van der Waals surface area contributed by atoms with Gasteiger partial charge >= 0.3 is 0 Å². The average molecular weight is 402 g/mol. The maximum absolute atomic E-state index is 13.4. The van der Waals surface area contributed by atoms with Crippen molar-refractivity contribution in [3.8, 4) is 0 Å². The van der Waals surface area contributed by atoms with Crippen LogP contribution in [-0.2, 0) is 9.63 Å². The minimum atomic E-state index is -0.986. The summed E-state index contributed by atoms with van der Waals surface area (Å²) >= 11 is 12.4. The molecular formula is C20H17Cl2N3O2. The van der Waals surface area contributed by atoms with E-state index in [0.29, 0.717) is 21.7 Å². The van der Waals surface area contributed by atoms with Crippen LogP contribution in [0, 0.1) is 17.8 Å². The number of hydrogen-bond donors (Lipinski definition) is 1. The van der Waals surface area contributed by atoms with E-state index in [2.05, 4.69) is 15.5 Å². The number of hydrogen-bond acceptors (Lipinski definition) is 4. The second-order valence-electron chi connectivity index (χ2n) is 7.41. The molecule has 2 fully saturated rings. The van der Waals surface area contributed by atoms with Crippen LogP contribution in [0.4, 0.5) is 5.69 Å². The van der Waals surface area contributed by atoms with Crippen molar-refractivity contribution < 1.29 is 9.63 Å². The molecule has 0 saturated heterocycles. The molecule has 1 amide bonds. The number of benzene rings is 1. The summed E-state index contributed by atoms with van der Waals surface area (Å²) in [7, 11) is 0. The van der Waals surface area contributed by atoms with Crippen LogP contribution in [-0.4, -0.2) is 22.2 Å². The number of nitrogens with one attached hydrogen (secondary N) is 1. The number of halogens is 2. The van der Waals surface area contributed by atoms with Gasteiger partial charge in [0.05, 0.1) is 27.4 Å². The van der Waals surface area contributed by atoms with Gasteiger partial charge in [-0.25, -0.2) is 0 Å². The van der Waals surface area contributed by atoms with Crippen molar-refractivity contribution >= 4 is 40.5 Å². The van der Waals surface area contributed by atoms with Gasteiger partial charge in [0.1, 0.15) is 0 Å². The van der Waals surface area contributed by atoms with E-state index in [0.717, 1.165) is 30.5 Å². The van der Waals surface area contributed by atoms with Crippen molar-refractivity contribution in [1.29, 1.82) is 0 Å². The topological polar surface area (TPSA) is 63.6 Å². The zero-order chi connectivity index (χ0) is 18.6. The SMILES string of the molecule is O=C(Nc1cccc(Cl)c1Cl)C12ON=C(c3cccnc3)C1C1CCC2C1. The lowest BCUT2D eigenvalue weighted by Crippen LogP contribution is -2.53. The molecule has 1 aromatic heterocycles. The number of carbonyl (C=O) groups is 1. The molecule has 5 nitrogen and oxygen atoms in total. The lowest BCUT2D eigenvalue weighted by Gasteiger charge is -2.35. The Balaban J connectivity index is 1.51. The first-order chi connectivity index (χ1) is 13.1. The van der Waals surface area contributed by atoms with Crippen LogP contribution in [0.5, 0.6) is 0 Å². The molecule has 1 N–H and O–H groups in total. The molecule has 2 bridgehead atoms. The molecule has 3 aliphatic rings. The third kappa shape index (κ3) is 2.41. The Bertz CT molecular complexity index is 949. The highest BCUT2D eigenvalue weighted by Crippen LogP contribution is 2.60. The number of carbonyl (C=O) groups excluding carboxylic acids is 1. The highest BCUT2D eigenvalue weighted by atomic mass is 35.5. The molecule has 2 aromatic rings. The van der Waals surface area contributed by atoms with Crippen LogP contribution < -0.4 is 5.32 Å². The first-order valence-electron chi connectivity index (χ1n) is 9.03. The molecule has 0 spiro atoms. The Morgan fingerprint density at radius 2 is 2.11 bits per heavy atom. The third-order valence-electron chi connectivity index (χ3n) is 6.11. The number of amides is 1. The summed E-state index contributed by atoms with van der Waals surface area (Å²) < 4.78 is 0. The van der Waals surface area contributed by atoms with Gasteiger partial charge < -0.3 is 10.2 Å². The van der Waals surface area contributed by atoms with E-state index in [4.69, 9.17) is 28.0 Å². The summed E-state index contributed by atoms with van der Waals surface area (Å²) in [5, 5.41) is 8.03. The number of rotatable bonds is 3. The summed E-state index contributed by atoms with van der Waals surface area (Å²) in [6, 6.07) is 9.02. The first-order valence-corrected chi connectivity index (χ1v) is 9.79. The molecule has 2 aliphatic carbocycles. The normalized spacial score (nSPS) is 30.6. The molecule has 0 radical (unpaired) electrons. The summed E-state index contributed by atoms with van der Waals surface area (Å²) in [5.41, 5.74) is 1.23. The van der Waals surface area contributed by atoms with Gasteiger partial charge in [-0.3, -0.25) is 9.78 Å². The van der Waals surface area contributed by atoms with Crippen LogP contribution in [0.15, 0.2) is 47.9 Å². The standard InChI is InChI=1S/C20H17Cl2N3O2/c21-14-4-1-5-15(17(14)22)24-19(26)20-13-7-6-11(9-13)16(20)18(25-27-20)12-3-2-8-23-10-12/h1-5,8,10-11,13,16H,6-7,9H2,(H,24,26). The number of fused-ring (bicyclic) bond motifs is 5. The summed E-state index contributed by atoms with van der Waals surface area (Å²) in [6.07, 6.45) is 6.52. The van der Waals surface area contributed by atoms with Crippen LogP contribution in [0.25, 0.3) is 0 Å². The minimum Gasteiger partial charge on any atom is -0.378 e. The van der Waals surface area contributed by atoms with Crippen molar-refractivity contribution in [2.24, 2.45) is 22.9 Å². The number of pyridine rings is 1. The van der Waals surface area contributed by atoms with Crippen molar-refractivity contribution in [3.63, 3.8) is 0 Å². The number of anilines is 1. The quantitative estimate of drug-likeness (QED) is 0.820. The van der Waals surface area contributed by atoms with Crippen LogP contribution in [0.2, 0.25) is 10.0 Å². The molecular weight excluding hydrogens is 385 g/mol. The van der Waals surface area contributed by atoms with Gasteiger partial charge in [0.15, 0.2) is 0 Å². The van der Waals surface area contributed by atoms with Gasteiger partial charge in [-0.05, 0) is 49.4 Å². The zero-order valence-corrected chi connectivity index (χ0v) is 15.9. The van der Waals surface area contributed by atoms with Crippen molar-refractivity contribution in [2.75, 3.05) is 5.32 Å². The lowest BCUT2D eigenvalue weighted by atomic mass is 9.72. The predicted octanol–water partition coefficient (Wildman–Crippen LogP) is 4.55. The third-order valence-corrected chi connectivity index (χ3v) is 6.93. The molecule has 1 aliphatic heterocycles. The van der Waals surface area contributed by atoms with E-state index in [1.165, 1.54) is 0 Å². The highest BCUT2D eigenvalue weighted by Gasteiger charge is 2.69. The van der Waals surface area contributed by atoms with Gasteiger partial charge in [-0.15, -0.1) is 0 Å². The monoisotopic (exact) mass is 401 g/mol. The average Bonchev–Trinajstić information content (AvgIpc) is 3.38. The molecule has 2 saturated carbocycles. The maximum Gasteiger partial charge on any atom is 0.272 e. The highest BCUT2D eigenvalue weighted by molar-refractivity contribution is 6.44. The molecule has 4 unspecified atom stereocenters. The van der Waals surface area contributed by atoms with Crippen LogP contribution in [0.1, 0.15) is 24.8 Å². The van der Waals surface area contributed by atoms with Crippen molar-refractivity contribution in [2.45, 2.75) is 24.9 Å². The van der Waals surface area contributed by atoms with E-state index >= 15 is 0 Å². The Morgan fingerprint density at radius 1 is 1.22 bits per heavy atom. The van der Waals surface area contributed by atoms with E-state index < -0.39 is 5.60 Å². The first kappa shape index (κ1) is 17.0. The molecule has 27 heavy (non-hydrogen) atoms. The summed E-state index contributed by atoms with van der Waals surface area (Å²) in [6.45, 7) is 0. The molecule has 1 aromatic carbocycles. The van der Waals surface area contributed by atoms with Gasteiger partial charge in [0.2, 0.25) is 5.60 Å². The largest absolute Gasteiger partial charge is 0.378 e. The predicted molar refractivity (Wildman–Crippen MR) is 104 cm³/mol. The summed E-state index contributed by atoms with van der Waals surface area (Å²) in [5.74, 6) is 0.255. The van der Waals surface area contributed by atoms with E-state index in [1.807, 2.05) is 12.1 Å². The van der Waals surface area contributed by atoms with Crippen LogP contribution in [0.3, 0.4) is 0 Å². The maximum atomic E-state index is 13.4. The Hall–Kier alpha value is -2.11. The van der Waals surface area contributed by atoms with Gasteiger partial charge in [-0.1, -0.05) is 34.4 Å². The van der Waals surface area contributed by atoms with Crippen molar-refractivity contribution in [3.05, 3.63) is 58.3 Å². The Kier molecular flexibility index (Phi) is 3.92. The number of nitrogens with zero attached hydrogens (tertiary/aromatic N) is 2. The van der Waals surface area contributed by atoms with E-state index in [1.54, 1.807) is 30.6 Å². The second-order valence-corrected chi connectivity index (χ2v) is 8.19. The number of oxime groups is 1. The fourth-order valence-electron chi connectivity index (χ4n) is 4.99. The molecule has 5 rings (SSSR count). The molecule has 2 heterocycles. The van der Waals surface area contributed by atoms with E-state index in [-0.39, 0.29) is 17.7 Å². The van der Waals surface area contributed by atoms with Gasteiger partial charge in [0.25, 0.3) is 5.91 Å².